The molecular weight excluding hydrogens is 242 g/mol. The SMILES string of the molecule is CC(CC(=O)N[C@@H](C(=O)O)C(C)C)C1CCCCC1. The molecule has 1 fully saturated rings. The molecule has 0 heterocycles. The van der Waals surface area contributed by atoms with E-state index in [-0.39, 0.29) is 11.8 Å². The van der Waals surface area contributed by atoms with Gasteiger partial charge in [0.05, 0.1) is 0 Å². The summed E-state index contributed by atoms with van der Waals surface area (Å²) in [5.41, 5.74) is 0. The van der Waals surface area contributed by atoms with Crippen molar-refractivity contribution in [3.63, 3.8) is 0 Å². The van der Waals surface area contributed by atoms with Crippen molar-refractivity contribution >= 4 is 11.9 Å². The van der Waals surface area contributed by atoms with Gasteiger partial charge in [0.15, 0.2) is 0 Å². The first-order valence-corrected chi connectivity index (χ1v) is 7.44. The second kappa shape index (κ2) is 7.51. The average molecular weight is 269 g/mol. The normalized spacial score (nSPS) is 20.0. The fourth-order valence-corrected chi connectivity index (χ4v) is 2.91. The van der Waals surface area contributed by atoms with Gasteiger partial charge >= 0.3 is 5.97 Å². The van der Waals surface area contributed by atoms with Gasteiger partial charge in [-0.15, -0.1) is 0 Å². The van der Waals surface area contributed by atoms with Gasteiger partial charge in [0.25, 0.3) is 0 Å². The molecule has 2 N–H and O–H groups in total. The molecule has 0 spiro atoms. The third kappa shape index (κ3) is 5.21. The second-order valence-electron chi connectivity index (χ2n) is 6.21. The highest BCUT2D eigenvalue weighted by molar-refractivity contribution is 5.83. The van der Waals surface area contributed by atoms with Crippen LogP contribution >= 0.6 is 0 Å². The van der Waals surface area contributed by atoms with Gasteiger partial charge in [-0.25, -0.2) is 4.79 Å². The van der Waals surface area contributed by atoms with Gasteiger partial charge in [0, 0.05) is 6.42 Å². The maximum Gasteiger partial charge on any atom is 0.326 e. The minimum atomic E-state index is -0.950. The molecule has 2 atom stereocenters. The maximum absolute atomic E-state index is 11.9. The number of carbonyl (C=O) groups excluding carboxylic acids is 1. The predicted octanol–water partition coefficient (Wildman–Crippen LogP) is 2.82. The molecule has 110 valence electrons. The highest BCUT2D eigenvalue weighted by atomic mass is 16.4. The third-order valence-electron chi connectivity index (χ3n) is 4.21. The average Bonchev–Trinajstić information content (AvgIpc) is 2.36. The number of amides is 1. The zero-order valence-corrected chi connectivity index (χ0v) is 12.3. The Kier molecular flexibility index (Phi) is 6.32. The van der Waals surface area contributed by atoms with Crippen molar-refractivity contribution in [1.82, 2.24) is 5.32 Å². The molecule has 0 aromatic heterocycles. The monoisotopic (exact) mass is 269 g/mol. The topological polar surface area (TPSA) is 66.4 Å². The molecule has 0 aliphatic heterocycles. The van der Waals surface area contributed by atoms with Crippen LogP contribution in [0.5, 0.6) is 0 Å². The minimum Gasteiger partial charge on any atom is -0.480 e. The summed E-state index contributed by atoms with van der Waals surface area (Å²) >= 11 is 0. The van der Waals surface area contributed by atoms with Crippen LogP contribution in [0.15, 0.2) is 0 Å². The highest BCUT2D eigenvalue weighted by Crippen LogP contribution is 2.31. The predicted molar refractivity (Wildman–Crippen MR) is 74.8 cm³/mol. The molecule has 0 radical (unpaired) electrons. The molecular formula is C15H27NO3. The molecule has 1 unspecified atom stereocenters. The lowest BCUT2D eigenvalue weighted by Gasteiger charge is -2.28. The highest BCUT2D eigenvalue weighted by Gasteiger charge is 2.26. The maximum atomic E-state index is 11.9. The smallest absolute Gasteiger partial charge is 0.326 e. The third-order valence-corrected chi connectivity index (χ3v) is 4.21. The molecule has 19 heavy (non-hydrogen) atoms. The summed E-state index contributed by atoms with van der Waals surface area (Å²) in [6.45, 7) is 5.73. The summed E-state index contributed by atoms with van der Waals surface area (Å²) in [6, 6.07) is -0.772. The van der Waals surface area contributed by atoms with E-state index in [1.807, 2.05) is 13.8 Å². The molecule has 0 saturated heterocycles. The Hall–Kier alpha value is -1.06. The summed E-state index contributed by atoms with van der Waals surface area (Å²) in [5, 5.41) is 11.7. The van der Waals surface area contributed by atoms with Crippen LogP contribution in [0.2, 0.25) is 0 Å². The first kappa shape index (κ1) is 16.0. The van der Waals surface area contributed by atoms with Gasteiger partial charge in [-0.1, -0.05) is 52.9 Å². The zero-order chi connectivity index (χ0) is 14.4. The number of rotatable bonds is 6. The van der Waals surface area contributed by atoms with Crippen molar-refractivity contribution in [2.45, 2.75) is 65.3 Å². The lowest BCUT2D eigenvalue weighted by molar-refractivity contribution is -0.143. The van der Waals surface area contributed by atoms with Crippen molar-refractivity contribution < 1.29 is 14.7 Å². The summed E-state index contributed by atoms with van der Waals surface area (Å²) in [7, 11) is 0. The molecule has 1 amide bonds. The Bertz CT molecular complexity index is 309. The summed E-state index contributed by atoms with van der Waals surface area (Å²) in [4.78, 5) is 23.0. The Morgan fingerprint density at radius 3 is 2.21 bits per heavy atom. The molecule has 1 aliphatic carbocycles. The zero-order valence-electron chi connectivity index (χ0n) is 12.3. The first-order chi connectivity index (χ1) is 8.91. The quantitative estimate of drug-likeness (QED) is 0.779. The van der Waals surface area contributed by atoms with E-state index in [9.17, 15) is 9.59 Å². The lowest BCUT2D eigenvalue weighted by atomic mass is 9.79. The van der Waals surface area contributed by atoms with Crippen LogP contribution in [-0.2, 0) is 9.59 Å². The van der Waals surface area contributed by atoms with Gasteiger partial charge in [-0.05, 0) is 17.8 Å². The summed E-state index contributed by atoms with van der Waals surface area (Å²) in [5.74, 6) is -0.192. The number of carbonyl (C=O) groups is 2. The number of carboxylic acid groups (broad SMARTS) is 1. The number of hydrogen-bond acceptors (Lipinski definition) is 2. The Balaban J connectivity index is 2.42. The molecule has 0 aromatic carbocycles. The summed E-state index contributed by atoms with van der Waals surface area (Å²) < 4.78 is 0. The van der Waals surface area contributed by atoms with Crippen LogP contribution in [0.3, 0.4) is 0 Å². The molecule has 4 heteroatoms. The summed E-state index contributed by atoms with van der Waals surface area (Å²) in [6.07, 6.45) is 6.70. The van der Waals surface area contributed by atoms with E-state index in [0.717, 1.165) is 0 Å². The van der Waals surface area contributed by atoms with Crippen molar-refractivity contribution in [1.29, 1.82) is 0 Å². The van der Waals surface area contributed by atoms with Gasteiger partial charge in [0.2, 0.25) is 5.91 Å². The van der Waals surface area contributed by atoms with E-state index < -0.39 is 12.0 Å². The van der Waals surface area contributed by atoms with E-state index in [1.54, 1.807) is 0 Å². The van der Waals surface area contributed by atoms with E-state index in [2.05, 4.69) is 12.2 Å². The Morgan fingerprint density at radius 1 is 1.16 bits per heavy atom. The number of carboxylic acids is 1. The van der Waals surface area contributed by atoms with Crippen molar-refractivity contribution in [2.24, 2.45) is 17.8 Å². The van der Waals surface area contributed by atoms with Gasteiger partial charge in [-0.3, -0.25) is 4.79 Å². The largest absolute Gasteiger partial charge is 0.480 e. The van der Waals surface area contributed by atoms with Crippen LogP contribution in [0.25, 0.3) is 0 Å². The molecule has 1 rings (SSSR count). The van der Waals surface area contributed by atoms with Crippen molar-refractivity contribution in [3.8, 4) is 0 Å². The van der Waals surface area contributed by atoms with Crippen LogP contribution in [-0.4, -0.2) is 23.0 Å². The number of hydrogen-bond donors (Lipinski definition) is 2. The van der Waals surface area contributed by atoms with Crippen LogP contribution in [0.4, 0.5) is 0 Å². The fraction of sp³-hybridized carbons (Fsp3) is 0.867. The molecule has 1 saturated carbocycles. The van der Waals surface area contributed by atoms with Gasteiger partial charge < -0.3 is 10.4 Å². The lowest BCUT2D eigenvalue weighted by Crippen LogP contribution is -2.45. The van der Waals surface area contributed by atoms with E-state index in [4.69, 9.17) is 5.11 Å². The van der Waals surface area contributed by atoms with Gasteiger partial charge in [-0.2, -0.15) is 0 Å². The second-order valence-corrected chi connectivity index (χ2v) is 6.21. The van der Waals surface area contributed by atoms with Crippen LogP contribution in [0.1, 0.15) is 59.3 Å². The van der Waals surface area contributed by atoms with E-state index in [1.165, 1.54) is 32.1 Å². The van der Waals surface area contributed by atoms with Crippen molar-refractivity contribution in [2.75, 3.05) is 0 Å². The number of nitrogens with one attached hydrogen (secondary N) is 1. The number of aliphatic carboxylic acids is 1. The van der Waals surface area contributed by atoms with Crippen molar-refractivity contribution in [3.05, 3.63) is 0 Å². The van der Waals surface area contributed by atoms with E-state index >= 15 is 0 Å². The molecule has 0 aromatic rings. The van der Waals surface area contributed by atoms with Crippen LogP contribution in [0, 0.1) is 17.8 Å². The minimum absolute atomic E-state index is 0.0913. The molecule has 4 nitrogen and oxygen atoms in total. The van der Waals surface area contributed by atoms with E-state index in [0.29, 0.717) is 18.3 Å². The Morgan fingerprint density at radius 2 is 1.74 bits per heavy atom. The molecule has 1 aliphatic rings. The Labute approximate surface area is 116 Å². The van der Waals surface area contributed by atoms with Gasteiger partial charge in [0.1, 0.15) is 6.04 Å². The first-order valence-electron chi connectivity index (χ1n) is 7.44. The fourth-order valence-electron chi connectivity index (χ4n) is 2.91. The molecule has 0 bridgehead atoms. The van der Waals surface area contributed by atoms with Crippen LogP contribution < -0.4 is 5.32 Å². The standard InChI is InChI=1S/C15H27NO3/c1-10(2)14(15(18)19)16-13(17)9-11(3)12-7-5-4-6-8-12/h10-12,14H,4-9H2,1-3H3,(H,16,17)(H,18,19)/t11?,14-/m1/s1.